The molecule has 1 N–H and O–H groups in total. The van der Waals surface area contributed by atoms with E-state index in [0.29, 0.717) is 22.8 Å². The third-order valence-corrected chi connectivity index (χ3v) is 4.82. The van der Waals surface area contributed by atoms with Gasteiger partial charge in [0.05, 0.1) is 6.61 Å². The highest BCUT2D eigenvalue weighted by Crippen LogP contribution is 2.26. The molecule has 0 unspecified atom stereocenters. The maximum absolute atomic E-state index is 13.3. The van der Waals surface area contributed by atoms with Crippen molar-refractivity contribution in [3.63, 3.8) is 0 Å². The van der Waals surface area contributed by atoms with Gasteiger partial charge in [-0.15, -0.1) is 0 Å². The van der Waals surface area contributed by atoms with Crippen LogP contribution in [0.15, 0.2) is 57.7 Å². The molecule has 0 saturated heterocycles. The molecule has 0 bridgehead atoms. The molecule has 0 atom stereocenters. The van der Waals surface area contributed by atoms with Gasteiger partial charge in [0, 0.05) is 34.7 Å². The highest BCUT2D eigenvalue weighted by atomic mass is 32.2. The molecule has 0 spiro atoms. The maximum atomic E-state index is 13.3. The van der Waals surface area contributed by atoms with Crippen molar-refractivity contribution in [2.75, 3.05) is 11.9 Å². The topological polar surface area (TPSA) is 68.5 Å². The second kappa shape index (κ2) is 8.73. The highest BCUT2D eigenvalue weighted by Gasteiger charge is 2.09. The molecule has 0 radical (unpaired) electrons. The van der Waals surface area contributed by atoms with Crippen LogP contribution in [0.4, 0.5) is 14.9 Å². The zero-order valence-electron chi connectivity index (χ0n) is 14.7. The zero-order chi connectivity index (χ0) is 19.2. The average molecular weight is 387 g/mol. The molecule has 7 heteroatoms. The Balaban J connectivity index is 1.76. The van der Waals surface area contributed by atoms with E-state index in [1.54, 1.807) is 43.0 Å². The summed E-state index contributed by atoms with van der Waals surface area (Å²) in [5.41, 5.74) is 2.11. The molecule has 3 rings (SSSR count). The van der Waals surface area contributed by atoms with Gasteiger partial charge < -0.3 is 9.15 Å². The highest BCUT2D eigenvalue weighted by molar-refractivity contribution is 7.97. The molecule has 1 aromatic heterocycles. The quantitative estimate of drug-likeness (QED) is 0.607. The van der Waals surface area contributed by atoms with Gasteiger partial charge >= 0.3 is 11.7 Å². The van der Waals surface area contributed by atoms with Gasteiger partial charge in [-0.3, -0.25) is 5.32 Å². The second-order valence-corrected chi connectivity index (χ2v) is 6.76. The lowest BCUT2D eigenvalue weighted by Gasteiger charge is -2.08. The van der Waals surface area contributed by atoms with Gasteiger partial charge in [-0.25, -0.2) is 14.0 Å². The Bertz CT molecular complexity index is 1020. The SMILES string of the molecule is CCOC(=O)Nc1ccc2c(CSCc3cccc(F)c3)cc(=O)oc2c1. The number of amides is 1. The van der Waals surface area contributed by atoms with E-state index in [9.17, 15) is 14.0 Å². The summed E-state index contributed by atoms with van der Waals surface area (Å²) in [5, 5.41) is 3.37. The van der Waals surface area contributed by atoms with Crippen LogP contribution in [0.3, 0.4) is 0 Å². The predicted molar refractivity (Wildman–Crippen MR) is 105 cm³/mol. The second-order valence-electron chi connectivity index (χ2n) is 5.77. The molecular formula is C20H18FNO4S. The van der Waals surface area contributed by atoms with Gasteiger partial charge in [-0.1, -0.05) is 12.1 Å². The smallest absolute Gasteiger partial charge is 0.411 e. The summed E-state index contributed by atoms with van der Waals surface area (Å²) in [6.45, 7) is 1.98. The minimum Gasteiger partial charge on any atom is -0.450 e. The molecule has 0 fully saturated rings. The Labute approximate surface area is 159 Å². The summed E-state index contributed by atoms with van der Waals surface area (Å²) in [4.78, 5) is 23.4. The van der Waals surface area contributed by atoms with Gasteiger partial charge in [0.1, 0.15) is 11.4 Å². The van der Waals surface area contributed by atoms with Crippen LogP contribution in [0, 0.1) is 5.82 Å². The van der Waals surface area contributed by atoms with Crippen molar-refractivity contribution >= 4 is 34.5 Å². The maximum Gasteiger partial charge on any atom is 0.411 e. The summed E-state index contributed by atoms with van der Waals surface area (Å²) < 4.78 is 23.3. The number of hydrogen-bond acceptors (Lipinski definition) is 5. The number of benzene rings is 2. The van der Waals surface area contributed by atoms with Gasteiger partial charge in [0.25, 0.3) is 0 Å². The molecule has 0 aliphatic rings. The minimum absolute atomic E-state index is 0.263. The van der Waals surface area contributed by atoms with Crippen LogP contribution < -0.4 is 10.9 Å². The summed E-state index contributed by atoms with van der Waals surface area (Å²) in [5.74, 6) is 0.936. The van der Waals surface area contributed by atoms with Gasteiger partial charge in [-0.05, 0) is 42.3 Å². The Morgan fingerprint density at radius 2 is 2.04 bits per heavy atom. The van der Waals surface area contributed by atoms with Crippen LogP contribution in [0.25, 0.3) is 11.0 Å². The molecule has 5 nitrogen and oxygen atoms in total. The first-order valence-corrected chi connectivity index (χ1v) is 9.53. The normalized spacial score (nSPS) is 10.7. The van der Waals surface area contributed by atoms with Crippen molar-refractivity contribution in [1.29, 1.82) is 0 Å². The summed E-state index contributed by atoms with van der Waals surface area (Å²) in [6, 6.07) is 13.0. The van der Waals surface area contributed by atoms with Crippen LogP contribution in [-0.4, -0.2) is 12.7 Å². The van der Waals surface area contributed by atoms with Crippen molar-refractivity contribution in [2.24, 2.45) is 0 Å². The van der Waals surface area contributed by atoms with Crippen LogP contribution in [0.5, 0.6) is 0 Å². The monoisotopic (exact) mass is 387 g/mol. The number of carbonyl (C=O) groups excluding carboxylic acids is 1. The van der Waals surface area contributed by atoms with Crippen LogP contribution in [0.1, 0.15) is 18.1 Å². The van der Waals surface area contributed by atoms with E-state index in [-0.39, 0.29) is 12.4 Å². The molecule has 0 aliphatic heterocycles. The number of hydrogen-bond donors (Lipinski definition) is 1. The lowest BCUT2D eigenvalue weighted by molar-refractivity contribution is 0.168. The van der Waals surface area contributed by atoms with Gasteiger partial charge in [0.15, 0.2) is 0 Å². The Morgan fingerprint density at radius 1 is 1.19 bits per heavy atom. The van der Waals surface area contributed by atoms with Crippen molar-refractivity contribution in [3.05, 3.63) is 75.9 Å². The average Bonchev–Trinajstić information content (AvgIpc) is 2.61. The third kappa shape index (κ3) is 5.10. The molecule has 2 aromatic carbocycles. The fourth-order valence-corrected chi connectivity index (χ4v) is 3.59. The molecule has 1 amide bonds. The van der Waals surface area contributed by atoms with Crippen molar-refractivity contribution < 1.29 is 18.3 Å². The summed E-state index contributed by atoms with van der Waals surface area (Å²) >= 11 is 1.58. The largest absolute Gasteiger partial charge is 0.450 e. The Kier molecular flexibility index (Phi) is 6.13. The van der Waals surface area contributed by atoms with Crippen molar-refractivity contribution in [1.82, 2.24) is 0 Å². The number of thioether (sulfide) groups is 1. The number of anilines is 1. The molecule has 0 saturated carbocycles. The first-order chi connectivity index (χ1) is 13.0. The summed E-state index contributed by atoms with van der Waals surface area (Å²) in [7, 11) is 0. The van der Waals surface area contributed by atoms with Crippen LogP contribution >= 0.6 is 11.8 Å². The fourth-order valence-electron chi connectivity index (χ4n) is 2.62. The Morgan fingerprint density at radius 3 is 2.81 bits per heavy atom. The van der Waals surface area contributed by atoms with E-state index in [1.807, 2.05) is 6.07 Å². The van der Waals surface area contributed by atoms with E-state index in [0.717, 1.165) is 16.5 Å². The van der Waals surface area contributed by atoms with E-state index in [2.05, 4.69) is 5.32 Å². The number of fused-ring (bicyclic) bond motifs is 1. The number of halogens is 1. The molecule has 27 heavy (non-hydrogen) atoms. The zero-order valence-corrected chi connectivity index (χ0v) is 15.5. The molecule has 1 heterocycles. The number of nitrogens with one attached hydrogen (secondary N) is 1. The summed E-state index contributed by atoms with van der Waals surface area (Å²) in [6.07, 6.45) is -0.569. The molecule has 3 aromatic rings. The standard InChI is InChI=1S/C20H18FNO4S/c1-2-25-20(24)22-16-6-7-17-14(9-19(23)26-18(17)10-16)12-27-11-13-4-3-5-15(21)8-13/h3-10H,2,11-12H2,1H3,(H,22,24). The minimum atomic E-state index is -0.569. The Hall–Kier alpha value is -2.80. The first-order valence-electron chi connectivity index (χ1n) is 8.38. The fraction of sp³-hybridized carbons (Fsp3) is 0.200. The van der Waals surface area contributed by atoms with Crippen molar-refractivity contribution in [2.45, 2.75) is 18.4 Å². The van der Waals surface area contributed by atoms with Gasteiger partial charge in [0.2, 0.25) is 0 Å². The molecule has 0 aliphatic carbocycles. The lowest BCUT2D eigenvalue weighted by Crippen LogP contribution is -2.13. The van der Waals surface area contributed by atoms with E-state index < -0.39 is 11.7 Å². The number of carbonyl (C=O) groups is 1. The predicted octanol–water partition coefficient (Wildman–Crippen LogP) is 4.93. The lowest BCUT2D eigenvalue weighted by atomic mass is 10.1. The number of rotatable bonds is 6. The van der Waals surface area contributed by atoms with Crippen LogP contribution in [-0.2, 0) is 16.2 Å². The van der Waals surface area contributed by atoms with E-state index in [4.69, 9.17) is 9.15 Å². The van der Waals surface area contributed by atoms with E-state index in [1.165, 1.54) is 18.2 Å². The van der Waals surface area contributed by atoms with Gasteiger partial charge in [-0.2, -0.15) is 11.8 Å². The number of ether oxygens (including phenoxy) is 1. The molecule has 140 valence electrons. The van der Waals surface area contributed by atoms with Crippen LogP contribution in [0.2, 0.25) is 0 Å². The van der Waals surface area contributed by atoms with E-state index >= 15 is 0 Å². The third-order valence-electron chi connectivity index (χ3n) is 3.77. The van der Waals surface area contributed by atoms with Crippen molar-refractivity contribution in [3.8, 4) is 0 Å². The molecular weight excluding hydrogens is 369 g/mol. The first kappa shape index (κ1) is 19.0.